The number of hydrogen-bond donors (Lipinski definition) is 0. The van der Waals surface area contributed by atoms with Crippen LogP contribution >= 0.6 is 0 Å². The van der Waals surface area contributed by atoms with Crippen molar-refractivity contribution in [1.82, 2.24) is 4.90 Å². The molecular weight excluding hydrogens is 284 g/mol. The van der Waals surface area contributed by atoms with Crippen LogP contribution in [0.1, 0.15) is 32.8 Å². The molecule has 2 aliphatic heterocycles. The molecule has 6 heteroatoms. The number of rotatable bonds is 1. The molecule has 22 heavy (non-hydrogen) atoms. The van der Waals surface area contributed by atoms with Crippen molar-refractivity contribution in [2.45, 2.75) is 39.7 Å². The van der Waals surface area contributed by atoms with Gasteiger partial charge < -0.3 is 14.5 Å². The molecule has 2 heterocycles. The number of anilines is 1. The van der Waals surface area contributed by atoms with Crippen molar-refractivity contribution >= 4 is 11.8 Å². The van der Waals surface area contributed by atoms with E-state index in [1.807, 2.05) is 25.7 Å². The molecule has 3 rings (SSSR count). The van der Waals surface area contributed by atoms with Crippen LogP contribution < -0.4 is 15.8 Å². The van der Waals surface area contributed by atoms with Gasteiger partial charge in [0.2, 0.25) is 10.9 Å². The minimum atomic E-state index is -0.484. The van der Waals surface area contributed by atoms with E-state index >= 15 is 0 Å². The van der Waals surface area contributed by atoms with Crippen LogP contribution in [0.3, 0.4) is 0 Å². The molecule has 0 bridgehead atoms. The van der Waals surface area contributed by atoms with Gasteiger partial charge in [-0.3, -0.25) is 9.59 Å². The molecule has 120 valence electrons. The standard InChI is InChI=1S/C16H22N2O4/c1-10-11(13(20)12(10)19)17-6-5-16(7-17)8-18(9-16)14(21)22-15(2,3)4/h5-9H2,1-4H3. The van der Waals surface area contributed by atoms with Crippen molar-refractivity contribution in [3.8, 4) is 0 Å². The predicted molar refractivity (Wildman–Crippen MR) is 83.2 cm³/mol. The molecule has 0 radical (unpaired) electrons. The lowest BCUT2D eigenvalue weighted by atomic mass is 9.79. The van der Waals surface area contributed by atoms with E-state index in [0.29, 0.717) is 24.3 Å². The normalized spacial score (nSPS) is 20.5. The van der Waals surface area contributed by atoms with E-state index < -0.39 is 5.60 Å². The quantitative estimate of drug-likeness (QED) is 0.725. The lowest BCUT2D eigenvalue weighted by molar-refractivity contribution is -0.0266. The van der Waals surface area contributed by atoms with Crippen molar-refractivity contribution in [1.29, 1.82) is 0 Å². The van der Waals surface area contributed by atoms with Crippen LogP contribution in [0, 0.1) is 12.3 Å². The third-order valence-electron chi connectivity index (χ3n) is 4.58. The summed E-state index contributed by atoms with van der Waals surface area (Å²) < 4.78 is 5.36. The highest BCUT2D eigenvalue weighted by molar-refractivity contribution is 5.70. The van der Waals surface area contributed by atoms with Crippen LogP contribution in [0.25, 0.3) is 0 Å². The van der Waals surface area contributed by atoms with Gasteiger partial charge in [-0.25, -0.2) is 4.79 Å². The molecule has 0 saturated carbocycles. The molecule has 1 amide bonds. The van der Waals surface area contributed by atoms with Gasteiger partial charge in [0.05, 0.1) is 5.69 Å². The Morgan fingerprint density at radius 3 is 2.32 bits per heavy atom. The van der Waals surface area contributed by atoms with Gasteiger partial charge in [-0.15, -0.1) is 0 Å². The summed E-state index contributed by atoms with van der Waals surface area (Å²) in [7, 11) is 0. The third kappa shape index (κ3) is 2.30. The van der Waals surface area contributed by atoms with Gasteiger partial charge >= 0.3 is 6.09 Å². The Balaban J connectivity index is 1.60. The highest BCUT2D eigenvalue weighted by Gasteiger charge is 2.51. The fourth-order valence-electron chi connectivity index (χ4n) is 3.48. The van der Waals surface area contributed by atoms with Crippen LogP contribution in [0.4, 0.5) is 10.5 Å². The van der Waals surface area contributed by atoms with Gasteiger partial charge in [0.15, 0.2) is 0 Å². The van der Waals surface area contributed by atoms with Crippen molar-refractivity contribution in [2.75, 3.05) is 31.1 Å². The van der Waals surface area contributed by atoms with Crippen LogP contribution in [-0.2, 0) is 4.74 Å². The van der Waals surface area contributed by atoms with E-state index in [1.165, 1.54) is 0 Å². The molecule has 2 fully saturated rings. The molecule has 2 aliphatic rings. The summed E-state index contributed by atoms with van der Waals surface area (Å²) in [5, 5.41) is 0. The molecular formula is C16H22N2O4. The second kappa shape index (κ2) is 4.57. The Kier molecular flexibility index (Phi) is 3.13. The highest BCUT2D eigenvalue weighted by Crippen LogP contribution is 2.41. The van der Waals surface area contributed by atoms with E-state index in [4.69, 9.17) is 4.74 Å². The fraction of sp³-hybridized carbons (Fsp3) is 0.688. The first-order valence-corrected chi connectivity index (χ1v) is 7.65. The van der Waals surface area contributed by atoms with Gasteiger partial charge in [0.25, 0.3) is 0 Å². The zero-order chi connectivity index (χ0) is 16.3. The lowest BCUT2D eigenvalue weighted by Crippen LogP contribution is -2.60. The maximum absolute atomic E-state index is 12.0. The summed E-state index contributed by atoms with van der Waals surface area (Å²) in [4.78, 5) is 38.7. The third-order valence-corrected chi connectivity index (χ3v) is 4.58. The lowest BCUT2D eigenvalue weighted by Gasteiger charge is -2.47. The summed E-state index contributed by atoms with van der Waals surface area (Å²) in [5.74, 6) is 0. The molecule has 0 aromatic heterocycles. The summed E-state index contributed by atoms with van der Waals surface area (Å²) >= 11 is 0. The second-order valence-electron chi connectivity index (χ2n) is 7.64. The first-order valence-electron chi connectivity index (χ1n) is 7.65. The molecule has 1 aromatic rings. The average Bonchev–Trinajstić information content (AvgIpc) is 2.79. The molecule has 0 unspecified atom stereocenters. The second-order valence-corrected chi connectivity index (χ2v) is 7.64. The molecule has 6 nitrogen and oxygen atoms in total. The van der Waals surface area contributed by atoms with E-state index in [0.717, 1.165) is 19.5 Å². The Bertz CT molecular complexity index is 688. The largest absolute Gasteiger partial charge is 0.444 e. The number of ether oxygens (including phenoxy) is 1. The van der Waals surface area contributed by atoms with E-state index in [1.54, 1.807) is 11.8 Å². The van der Waals surface area contributed by atoms with Gasteiger partial charge in [0, 0.05) is 37.2 Å². The topological polar surface area (TPSA) is 66.9 Å². The smallest absolute Gasteiger partial charge is 0.410 e. The molecule has 0 aliphatic carbocycles. The summed E-state index contributed by atoms with van der Waals surface area (Å²) in [6.07, 6.45) is 0.659. The highest BCUT2D eigenvalue weighted by atomic mass is 16.6. The first-order chi connectivity index (χ1) is 10.1. The maximum atomic E-state index is 12.0. The van der Waals surface area contributed by atoms with Crippen molar-refractivity contribution in [2.24, 2.45) is 5.41 Å². The number of nitrogens with zero attached hydrogens (tertiary/aromatic N) is 2. The van der Waals surface area contributed by atoms with E-state index in [2.05, 4.69) is 0 Å². The van der Waals surface area contributed by atoms with Crippen LogP contribution in [0.5, 0.6) is 0 Å². The Hall–Kier alpha value is -1.85. The van der Waals surface area contributed by atoms with Crippen LogP contribution in [-0.4, -0.2) is 42.8 Å². The summed E-state index contributed by atoms with van der Waals surface area (Å²) in [6, 6.07) is 0. The van der Waals surface area contributed by atoms with E-state index in [9.17, 15) is 14.4 Å². The number of amides is 1. The van der Waals surface area contributed by atoms with Crippen LogP contribution in [0.15, 0.2) is 9.59 Å². The monoisotopic (exact) mass is 306 g/mol. The van der Waals surface area contributed by atoms with Crippen molar-refractivity contribution in [3.05, 3.63) is 26.0 Å². The number of carbonyl (C=O) groups excluding carboxylic acids is 1. The Morgan fingerprint density at radius 2 is 1.77 bits per heavy atom. The summed E-state index contributed by atoms with van der Waals surface area (Å²) in [5.41, 5.74) is -0.00793. The van der Waals surface area contributed by atoms with Crippen molar-refractivity contribution in [3.63, 3.8) is 0 Å². The average molecular weight is 306 g/mol. The van der Waals surface area contributed by atoms with Gasteiger partial charge in [0.1, 0.15) is 5.60 Å². The zero-order valence-electron chi connectivity index (χ0n) is 13.6. The molecule has 1 spiro atoms. The number of likely N-dealkylation sites (tertiary alicyclic amines) is 1. The molecule has 0 atom stereocenters. The Morgan fingerprint density at radius 1 is 1.14 bits per heavy atom. The minimum Gasteiger partial charge on any atom is -0.444 e. The number of hydrogen-bond acceptors (Lipinski definition) is 5. The SMILES string of the molecule is Cc1c(N2CCC3(CN(C(=O)OC(C)(C)C)C3)C2)c(=O)c1=O. The minimum absolute atomic E-state index is 0.0447. The van der Waals surface area contributed by atoms with Crippen LogP contribution in [0.2, 0.25) is 0 Å². The summed E-state index contributed by atoms with van der Waals surface area (Å²) in [6.45, 7) is 10.1. The zero-order valence-corrected chi connectivity index (χ0v) is 13.6. The molecule has 2 saturated heterocycles. The molecule has 0 N–H and O–H groups in total. The van der Waals surface area contributed by atoms with Gasteiger partial charge in [-0.05, 0) is 34.1 Å². The van der Waals surface area contributed by atoms with E-state index in [-0.39, 0.29) is 22.4 Å². The number of carbonyl (C=O) groups is 1. The Labute approximate surface area is 129 Å². The van der Waals surface area contributed by atoms with Gasteiger partial charge in [-0.1, -0.05) is 0 Å². The first kappa shape index (κ1) is 15.1. The van der Waals surface area contributed by atoms with Gasteiger partial charge in [-0.2, -0.15) is 0 Å². The van der Waals surface area contributed by atoms with Crippen molar-refractivity contribution < 1.29 is 9.53 Å². The maximum Gasteiger partial charge on any atom is 0.410 e. The molecule has 1 aromatic carbocycles. The fourth-order valence-corrected chi connectivity index (χ4v) is 3.48. The predicted octanol–water partition coefficient (Wildman–Crippen LogP) is 1.04.